The van der Waals surface area contributed by atoms with E-state index in [1.165, 1.54) is 0 Å². The van der Waals surface area contributed by atoms with Gasteiger partial charge in [-0.15, -0.1) is 12.4 Å². The van der Waals surface area contributed by atoms with Crippen LogP contribution in [0, 0.1) is 0 Å². The lowest BCUT2D eigenvalue weighted by molar-refractivity contribution is 0.0934. The molecule has 3 N–H and O–H groups in total. The lowest BCUT2D eigenvalue weighted by Crippen LogP contribution is -2.40. The van der Waals surface area contributed by atoms with Crippen molar-refractivity contribution in [2.24, 2.45) is 5.73 Å². The predicted molar refractivity (Wildman–Crippen MR) is 92.2 cm³/mol. The van der Waals surface area contributed by atoms with E-state index in [1.54, 1.807) is 12.1 Å². The van der Waals surface area contributed by atoms with Crippen LogP contribution in [-0.2, 0) is 0 Å². The highest BCUT2D eigenvalue weighted by atomic mass is 79.9. The highest BCUT2D eigenvalue weighted by Gasteiger charge is 2.20. The maximum Gasteiger partial charge on any atom is 0.251 e. The van der Waals surface area contributed by atoms with E-state index in [4.69, 9.17) is 15.2 Å². The Hall–Kier alpha value is -0.980. The van der Waals surface area contributed by atoms with E-state index >= 15 is 0 Å². The minimum atomic E-state index is -0.140. The van der Waals surface area contributed by atoms with Gasteiger partial charge in [0.15, 0.2) is 11.5 Å². The molecule has 0 radical (unpaired) electrons. The highest BCUT2D eigenvalue weighted by molar-refractivity contribution is 9.10. The molecule has 0 saturated heterocycles. The van der Waals surface area contributed by atoms with E-state index in [2.05, 4.69) is 28.2 Å². The molecular formula is C15H22BrClN2O3. The Labute approximate surface area is 145 Å². The summed E-state index contributed by atoms with van der Waals surface area (Å²) >= 11 is 3.42. The van der Waals surface area contributed by atoms with E-state index in [9.17, 15) is 4.79 Å². The van der Waals surface area contributed by atoms with E-state index in [-0.39, 0.29) is 24.4 Å². The molecule has 22 heavy (non-hydrogen) atoms. The first-order chi connectivity index (χ1) is 10.2. The van der Waals surface area contributed by atoms with Crippen LogP contribution in [-0.4, -0.2) is 31.7 Å². The van der Waals surface area contributed by atoms with Crippen LogP contribution >= 0.6 is 28.3 Å². The second-order valence-electron chi connectivity index (χ2n) is 5.03. The zero-order valence-electron chi connectivity index (χ0n) is 12.6. The number of amides is 1. The fraction of sp³-hybridized carbons (Fsp3) is 0.533. The van der Waals surface area contributed by atoms with Crippen LogP contribution in [0.5, 0.6) is 11.5 Å². The Kier molecular flexibility index (Phi) is 8.00. The van der Waals surface area contributed by atoms with E-state index in [0.29, 0.717) is 36.8 Å². The molecule has 0 aliphatic carbocycles. The molecule has 1 aromatic carbocycles. The van der Waals surface area contributed by atoms with Crippen molar-refractivity contribution in [1.82, 2.24) is 5.32 Å². The predicted octanol–water partition coefficient (Wildman–Crippen LogP) is 2.89. The molecule has 1 atom stereocenters. The maximum atomic E-state index is 12.3. The van der Waals surface area contributed by atoms with Gasteiger partial charge in [-0.2, -0.15) is 0 Å². The number of nitrogens with one attached hydrogen (secondary N) is 1. The van der Waals surface area contributed by atoms with Crippen LogP contribution in [0.1, 0.15) is 36.5 Å². The first kappa shape index (κ1) is 19.1. The summed E-state index contributed by atoms with van der Waals surface area (Å²) in [6, 6.07) is 3.46. The molecule has 1 aromatic rings. The number of rotatable bonds is 6. The summed E-state index contributed by atoms with van der Waals surface area (Å²) in [6.45, 7) is 3.57. The molecule has 0 spiro atoms. The van der Waals surface area contributed by atoms with Gasteiger partial charge in [-0.25, -0.2) is 0 Å². The fourth-order valence-corrected chi connectivity index (χ4v) is 2.77. The molecule has 0 saturated carbocycles. The van der Waals surface area contributed by atoms with Crippen molar-refractivity contribution in [3.63, 3.8) is 0 Å². The third-order valence-corrected chi connectivity index (χ3v) is 3.97. The van der Waals surface area contributed by atoms with E-state index < -0.39 is 0 Å². The van der Waals surface area contributed by atoms with Gasteiger partial charge in [-0.1, -0.05) is 19.8 Å². The molecule has 1 heterocycles. The summed E-state index contributed by atoms with van der Waals surface area (Å²) in [4.78, 5) is 12.3. The minimum Gasteiger partial charge on any atom is -0.486 e. The largest absolute Gasteiger partial charge is 0.486 e. The molecule has 2 rings (SSSR count). The van der Waals surface area contributed by atoms with Crippen molar-refractivity contribution in [1.29, 1.82) is 0 Å². The number of carbonyl (C=O) groups excluding carboxylic acids is 1. The van der Waals surface area contributed by atoms with Crippen molar-refractivity contribution in [3.05, 3.63) is 22.2 Å². The minimum absolute atomic E-state index is 0. The molecule has 1 aliphatic heterocycles. The van der Waals surface area contributed by atoms with Gasteiger partial charge in [-0.05, 0) is 34.5 Å². The second-order valence-corrected chi connectivity index (χ2v) is 5.88. The number of hydrogen-bond donors (Lipinski definition) is 2. The summed E-state index contributed by atoms with van der Waals surface area (Å²) in [6.07, 6.45) is 3.03. The number of halogens is 2. The standard InChI is InChI=1S/C15H21BrN2O3.ClH/c1-2-3-4-11(9-17)18-15(19)10-7-12(16)14-13(8-10)20-5-6-21-14;/h7-8,11H,2-6,9,17H2,1H3,(H,18,19);1H. The maximum absolute atomic E-state index is 12.3. The molecule has 0 aromatic heterocycles. The molecule has 1 aliphatic rings. The average molecular weight is 394 g/mol. The van der Waals surface area contributed by atoms with Crippen molar-refractivity contribution >= 4 is 34.2 Å². The number of unbranched alkanes of at least 4 members (excludes halogenated alkanes) is 1. The first-order valence-corrected chi connectivity index (χ1v) is 8.05. The van der Waals surface area contributed by atoms with Crippen molar-refractivity contribution in [2.75, 3.05) is 19.8 Å². The van der Waals surface area contributed by atoms with Gasteiger partial charge in [-0.3, -0.25) is 4.79 Å². The lowest BCUT2D eigenvalue weighted by Gasteiger charge is -2.21. The van der Waals surface area contributed by atoms with Gasteiger partial charge >= 0.3 is 0 Å². The number of fused-ring (bicyclic) bond motifs is 1. The summed E-state index contributed by atoms with van der Waals surface area (Å²) < 4.78 is 11.8. The monoisotopic (exact) mass is 392 g/mol. The van der Waals surface area contributed by atoms with Gasteiger partial charge < -0.3 is 20.5 Å². The highest BCUT2D eigenvalue weighted by Crippen LogP contribution is 2.38. The molecule has 0 bridgehead atoms. The number of carbonyl (C=O) groups is 1. The molecule has 5 nitrogen and oxygen atoms in total. The van der Waals surface area contributed by atoms with Crippen LogP contribution < -0.4 is 20.5 Å². The first-order valence-electron chi connectivity index (χ1n) is 7.25. The normalized spacial score (nSPS) is 14.0. The summed E-state index contributed by atoms with van der Waals surface area (Å²) in [5.41, 5.74) is 6.25. The Morgan fingerprint density at radius 1 is 1.41 bits per heavy atom. The second kappa shape index (κ2) is 9.22. The number of benzene rings is 1. The van der Waals surface area contributed by atoms with Crippen molar-refractivity contribution in [3.8, 4) is 11.5 Å². The molecule has 124 valence electrons. The van der Waals surface area contributed by atoms with Gasteiger partial charge in [0.25, 0.3) is 5.91 Å². The van der Waals surface area contributed by atoms with Gasteiger partial charge in [0, 0.05) is 18.2 Å². The van der Waals surface area contributed by atoms with Crippen LogP contribution in [0.2, 0.25) is 0 Å². The molecule has 0 fully saturated rings. The zero-order chi connectivity index (χ0) is 15.2. The average Bonchev–Trinajstić information content (AvgIpc) is 2.51. The number of nitrogens with two attached hydrogens (primary N) is 1. The summed E-state index contributed by atoms with van der Waals surface area (Å²) in [5.74, 6) is 1.11. The SMILES string of the molecule is CCCCC(CN)NC(=O)c1cc(Br)c2c(c1)OCCO2.Cl. The third kappa shape index (κ3) is 4.76. The number of ether oxygens (including phenoxy) is 2. The molecule has 7 heteroatoms. The Morgan fingerprint density at radius 3 is 2.82 bits per heavy atom. The number of hydrogen-bond acceptors (Lipinski definition) is 4. The van der Waals surface area contributed by atoms with Crippen molar-refractivity contribution < 1.29 is 14.3 Å². The topological polar surface area (TPSA) is 73.6 Å². The third-order valence-electron chi connectivity index (χ3n) is 3.38. The Balaban J connectivity index is 0.00000242. The van der Waals surface area contributed by atoms with Gasteiger partial charge in [0.2, 0.25) is 0 Å². The van der Waals surface area contributed by atoms with Crippen LogP contribution in [0.15, 0.2) is 16.6 Å². The molecule has 1 unspecified atom stereocenters. The lowest BCUT2D eigenvalue weighted by atomic mass is 10.1. The molecule has 1 amide bonds. The van der Waals surface area contributed by atoms with Gasteiger partial charge in [0.1, 0.15) is 13.2 Å². The van der Waals surface area contributed by atoms with Crippen LogP contribution in [0.25, 0.3) is 0 Å². The van der Waals surface area contributed by atoms with Crippen LogP contribution in [0.4, 0.5) is 0 Å². The fourth-order valence-electron chi connectivity index (χ4n) is 2.21. The molecular weight excluding hydrogens is 372 g/mol. The van der Waals surface area contributed by atoms with E-state index in [0.717, 1.165) is 23.7 Å². The zero-order valence-corrected chi connectivity index (χ0v) is 15.0. The van der Waals surface area contributed by atoms with Gasteiger partial charge in [0.05, 0.1) is 4.47 Å². The Morgan fingerprint density at radius 2 is 2.14 bits per heavy atom. The Bertz CT molecular complexity index is 514. The summed E-state index contributed by atoms with van der Waals surface area (Å²) in [7, 11) is 0. The van der Waals surface area contributed by atoms with Crippen molar-refractivity contribution in [2.45, 2.75) is 32.2 Å². The smallest absolute Gasteiger partial charge is 0.251 e. The van der Waals surface area contributed by atoms with E-state index in [1.807, 2.05) is 0 Å². The summed E-state index contributed by atoms with van der Waals surface area (Å²) in [5, 5.41) is 2.97. The quantitative estimate of drug-likeness (QED) is 0.779. The van der Waals surface area contributed by atoms with Crippen LogP contribution in [0.3, 0.4) is 0 Å².